The maximum absolute atomic E-state index is 12.6. The second-order valence-electron chi connectivity index (χ2n) is 8.27. The summed E-state index contributed by atoms with van der Waals surface area (Å²) < 4.78 is 11.0. The molecule has 174 valence electrons. The number of aliphatic hydroxyl groups is 3. The highest BCUT2D eigenvalue weighted by Gasteiger charge is 2.47. The summed E-state index contributed by atoms with van der Waals surface area (Å²) in [6, 6.07) is 8.45. The highest BCUT2D eigenvalue weighted by molar-refractivity contribution is 5.80. The summed E-state index contributed by atoms with van der Waals surface area (Å²) >= 11 is 0. The molecule has 1 heterocycles. The molecule has 2 rings (SSSR count). The molecule has 1 aromatic rings. The van der Waals surface area contributed by atoms with Crippen molar-refractivity contribution in [3.05, 3.63) is 35.9 Å². The number of amides is 2. The zero-order valence-electron chi connectivity index (χ0n) is 18.4. The van der Waals surface area contributed by atoms with Crippen molar-refractivity contribution < 1.29 is 34.4 Å². The number of benzene rings is 1. The Kier molecular flexibility index (Phi) is 9.39. The van der Waals surface area contributed by atoms with Crippen LogP contribution in [0.3, 0.4) is 0 Å². The van der Waals surface area contributed by atoms with E-state index in [4.69, 9.17) is 9.47 Å². The summed E-state index contributed by atoms with van der Waals surface area (Å²) in [5.74, 6) is -1.14. The Balaban J connectivity index is 2.04. The van der Waals surface area contributed by atoms with Gasteiger partial charge in [-0.1, -0.05) is 44.2 Å². The third-order valence-electron chi connectivity index (χ3n) is 5.21. The van der Waals surface area contributed by atoms with Crippen LogP contribution in [0.1, 0.15) is 33.3 Å². The number of carbonyl (C=O) groups excluding carboxylic acids is 2. The summed E-state index contributed by atoms with van der Waals surface area (Å²) in [6.07, 6.45) is -5.49. The first kappa shape index (κ1) is 25.2. The summed E-state index contributed by atoms with van der Waals surface area (Å²) in [5.41, 5.74) is 1.08. The van der Waals surface area contributed by atoms with E-state index in [-0.39, 0.29) is 17.9 Å². The number of rotatable bonds is 9. The second kappa shape index (κ2) is 11.5. The molecule has 9 heteroatoms. The molecule has 5 N–H and O–H groups in total. The number of hydrogen-bond donors (Lipinski definition) is 5. The molecule has 0 spiro atoms. The van der Waals surface area contributed by atoms with Crippen molar-refractivity contribution in [2.24, 2.45) is 5.92 Å². The molecular weight excluding hydrogens is 404 g/mol. The standard InChI is InChI=1S/C22H34N2O7/c1-12(2)20(27)24-17-19(18(26)16(11-25)31-22(17)29)30-14(4)21(28)23-13(3)10-15-8-6-5-7-9-15/h5-9,12-14,16-19,22,25-26,29H,10-11H2,1-4H3,(H,23,28)(H,24,27)/t13-,14+,16+,17+,18+,19+,22?/m0/s1. The topological polar surface area (TPSA) is 137 Å². The Morgan fingerprint density at radius 1 is 1.10 bits per heavy atom. The Hall–Kier alpha value is -2.04. The van der Waals surface area contributed by atoms with Crippen LogP contribution in [-0.2, 0) is 25.5 Å². The third kappa shape index (κ3) is 6.98. The molecule has 1 unspecified atom stereocenters. The van der Waals surface area contributed by atoms with Crippen LogP contribution in [0.2, 0.25) is 0 Å². The lowest BCUT2D eigenvalue weighted by atomic mass is 9.96. The molecule has 0 bridgehead atoms. The normalized spacial score (nSPS) is 28.1. The van der Waals surface area contributed by atoms with Crippen LogP contribution >= 0.6 is 0 Å². The van der Waals surface area contributed by atoms with Crippen LogP contribution in [0.15, 0.2) is 30.3 Å². The van der Waals surface area contributed by atoms with Gasteiger partial charge in [0.05, 0.1) is 6.61 Å². The minimum Gasteiger partial charge on any atom is -0.394 e. The Bertz CT molecular complexity index is 715. The van der Waals surface area contributed by atoms with E-state index >= 15 is 0 Å². The molecule has 7 atom stereocenters. The summed E-state index contributed by atoms with van der Waals surface area (Å²) in [4.78, 5) is 24.8. The van der Waals surface area contributed by atoms with Gasteiger partial charge in [0.1, 0.15) is 30.5 Å². The van der Waals surface area contributed by atoms with Gasteiger partial charge in [-0.05, 0) is 25.8 Å². The first-order chi connectivity index (χ1) is 14.6. The zero-order chi connectivity index (χ0) is 23.1. The molecule has 1 saturated heterocycles. The molecule has 0 radical (unpaired) electrons. The smallest absolute Gasteiger partial charge is 0.249 e. The van der Waals surface area contributed by atoms with E-state index in [0.717, 1.165) is 5.56 Å². The average Bonchev–Trinajstić information content (AvgIpc) is 2.73. The van der Waals surface area contributed by atoms with Gasteiger partial charge in [0.15, 0.2) is 6.29 Å². The van der Waals surface area contributed by atoms with Gasteiger partial charge in [-0.25, -0.2) is 0 Å². The molecule has 9 nitrogen and oxygen atoms in total. The fourth-order valence-electron chi connectivity index (χ4n) is 3.41. The maximum atomic E-state index is 12.6. The monoisotopic (exact) mass is 438 g/mol. The first-order valence-corrected chi connectivity index (χ1v) is 10.6. The largest absolute Gasteiger partial charge is 0.394 e. The molecule has 1 aliphatic heterocycles. The highest BCUT2D eigenvalue weighted by Crippen LogP contribution is 2.24. The van der Waals surface area contributed by atoms with Gasteiger partial charge in [-0.3, -0.25) is 9.59 Å². The van der Waals surface area contributed by atoms with Crippen molar-refractivity contribution in [1.29, 1.82) is 0 Å². The van der Waals surface area contributed by atoms with E-state index < -0.39 is 49.3 Å². The van der Waals surface area contributed by atoms with Crippen molar-refractivity contribution in [2.45, 2.75) is 76.9 Å². The van der Waals surface area contributed by atoms with Crippen molar-refractivity contribution >= 4 is 11.8 Å². The van der Waals surface area contributed by atoms with Crippen LogP contribution in [0.25, 0.3) is 0 Å². The molecule has 0 aromatic heterocycles. The molecule has 2 amide bonds. The van der Waals surface area contributed by atoms with Gasteiger partial charge >= 0.3 is 0 Å². The highest BCUT2D eigenvalue weighted by atomic mass is 16.6. The van der Waals surface area contributed by atoms with Crippen LogP contribution in [0, 0.1) is 5.92 Å². The van der Waals surface area contributed by atoms with Gasteiger partial charge < -0.3 is 35.4 Å². The van der Waals surface area contributed by atoms with Crippen molar-refractivity contribution in [3.63, 3.8) is 0 Å². The van der Waals surface area contributed by atoms with Crippen LogP contribution in [0.4, 0.5) is 0 Å². The summed E-state index contributed by atoms with van der Waals surface area (Å²) in [7, 11) is 0. The number of hydrogen-bond acceptors (Lipinski definition) is 7. The minimum atomic E-state index is -1.51. The van der Waals surface area contributed by atoms with E-state index in [1.807, 2.05) is 37.3 Å². The SMILES string of the molecule is CC(C)C(=O)N[C@H]1C(O)O[C@H](CO)[C@@H](O)[C@@H]1O[C@H](C)C(=O)N[C@@H](C)Cc1ccccc1. The van der Waals surface area contributed by atoms with Gasteiger partial charge in [0.2, 0.25) is 11.8 Å². The van der Waals surface area contributed by atoms with E-state index in [9.17, 15) is 24.9 Å². The molecule has 1 aliphatic rings. The van der Waals surface area contributed by atoms with E-state index in [1.54, 1.807) is 13.8 Å². The lowest BCUT2D eigenvalue weighted by molar-refractivity contribution is -0.266. The Morgan fingerprint density at radius 3 is 2.32 bits per heavy atom. The van der Waals surface area contributed by atoms with Crippen LogP contribution in [0.5, 0.6) is 0 Å². The van der Waals surface area contributed by atoms with Crippen LogP contribution in [-0.4, -0.2) is 76.5 Å². The predicted molar refractivity (Wildman–Crippen MR) is 113 cm³/mol. The van der Waals surface area contributed by atoms with E-state index in [0.29, 0.717) is 6.42 Å². The molecular formula is C22H34N2O7. The number of aliphatic hydroxyl groups excluding tert-OH is 3. The molecule has 1 aromatic carbocycles. The lowest BCUT2D eigenvalue weighted by Crippen LogP contribution is -2.66. The Labute approximate surface area is 182 Å². The maximum Gasteiger partial charge on any atom is 0.249 e. The van der Waals surface area contributed by atoms with Crippen LogP contribution < -0.4 is 10.6 Å². The molecule has 31 heavy (non-hydrogen) atoms. The van der Waals surface area contributed by atoms with Gasteiger partial charge in [0, 0.05) is 12.0 Å². The molecule has 0 saturated carbocycles. The summed E-state index contributed by atoms with van der Waals surface area (Å²) in [6.45, 7) is 6.20. The van der Waals surface area contributed by atoms with Crippen molar-refractivity contribution in [3.8, 4) is 0 Å². The summed E-state index contributed by atoms with van der Waals surface area (Å²) in [5, 5.41) is 35.8. The zero-order valence-corrected chi connectivity index (χ0v) is 18.4. The fourth-order valence-corrected chi connectivity index (χ4v) is 3.41. The van der Waals surface area contributed by atoms with Crippen molar-refractivity contribution in [2.75, 3.05) is 6.61 Å². The van der Waals surface area contributed by atoms with E-state index in [1.165, 1.54) is 6.92 Å². The minimum absolute atomic E-state index is 0.159. The Morgan fingerprint density at radius 2 is 1.74 bits per heavy atom. The van der Waals surface area contributed by atoms with Gasteiger partial charge in [0.25, 0.3) is 0 Å². The quantitative estimate of drug-likeness (QED) is 0.358. The average molecular weight is 439 g/mol. The second-order valence-corrected chi connectivity index (χ2v) is 8.27. The third-order valence-corrected chi connectivity index (χ3v) is 5.21. The lowest BCUT2D eigenvalue weighted by Gasteiger charge is -2.43. The number of nitrogens with one attached hydrogen (secondary N) is 2. The van der Waals surface area contributed by atoms with Gasteiger partial charge in [-0.2, -0.15) is 0 Å². The van der Waals surface area contributed by atoms with Gasteiger partial charge in [-0.15, -0.1) is 0 Å². The molecule has 0 aliphatic carbocycles. The fraction of sp³-hybridized carbons (Fsp3) is 0.636. The predicted octanol–water partition coefficient (Wildman–Crippen LogP) is -0.281. The first-order valence-electron chi connectivity index (χ1n) is 10.6. The molecule has 1 fully saturated rings. The van der Waals surface area contributed by atoms with Crippen molar-refractivity contribution in [1.82, 2.24) is 10.6 Å². The van der Waals surface area contributed by atoms with E-state index in [2.05, 4.69) is 10.6 Å². The number of carbonyl (C=O) groups is 2. The number of ether oxygens (including phenoxy) is 2.